The average molecular weight is 219 g/mol. The largest absolute Gasteiger partial charge is 0.469 e. The van der Waals surface area contributed by atoms with Gasteiger partial charge in [-0.1, -0.05) is 0 Å². The summed E-state index contributed by atoms with van der Waals surface area (Å²) in [5.41, 5.74) is 8.43. The van der Waals surface area contributed by atoms with Crippen molar-refractivity contribution in [2.45, 2.75) is 25.8 Å². The van der Waals surface area contributed by atoms with E-state index in [0.717, 1.165) is 24.2 Å². The lowest BCUT2D eigenvalue weighted by molar-refractivity contribution is 0.520. The number of rotatable bonds is 4. The van der Waals surface area contributed by atoms with Crippen LogP contribution in [-0.4, -0.2) is 9.78 Å². The third-order valence-corrected chi connectivity index (χ3v) is 2.80. The van der Waals surface area contributed by atoms with Crippen molar-refractivity contribution in [1.29, 1.82) is 0 Å². The quantitative estimate of drug-likeness (QED) is 0.855. The maximum Gasteiger partial charge on any atom is 0.105 e. The van der Waals surface area contributed by atoms with E-state index in [4.69, 9.17) is 10.2 Å². The van der Waals surface area contributed by atoms with E-state index >= 15 is 0 Å². The molecule has 4 heteroatoms. The number of nitrogens with two attached hydrogens (primary N) is 1. The van der Waals surface area contributed by atoms with Crippen LogP contribution in [0.25, 0.3) is 0 Å². The topological polar surface area (TPSA) is 57.0 Å². The molecule has 0 aliphatic carbocycles. The summed E-state index contributed by atoms with van der Waals surface area (Å²) in [4.78, 5) is 0. The zero-order valence-electron chi connectivity index (χ0n) is 9.68. The molecule has 0 spiro atoms. The summed E-state index contributed by atoms with van der Waals surface area (Å²) in [5, 5.41) is 4.13. The van der Waals surface area contributed by atoms with Gasteiger partial charge in [-0.3, -0.25) is 4.68 Å². The van der Waals surface area contributed by atoms with Gasteiger partial charge < -0.3 is 10.2 Å². The van der Waals surface area contributed by atoms with E-state index in [1.54, 1.807) is 6.26 Å². The van der Waals surface area contributed by atoms with Crippen LogP contribution < -0.4 is 5.73 Å². The summed E-state index contributed by atoms with van der Waals surface area (Å²) in [7, 11) is 1.92. The van der Waals surface area contributed by atoms with Gasteiger partial charge in [0, 0.05) is 24.8 Å². The van der Waals surface area contributed by atoms with Crippen LogP contribution in [0.2, 0.25) is 0 Å². The van der Waals surface area contributed by atoms with E-state index in [2.05, 4.69) is 5.10 Å². The average Bonchev–Trinajstić information content (AvgIpc) is 2.84. The molecule has 0 aromatic carbocycles. The van der Waals surface area contributed by atoms with Crippen molar-refractivity contribution >= 4 is 0 Å². The van der Waals surface area contributed by atoms with E-state index in [1.807, 2.05) is 37.1 Å². The van der Waals surface area contributed by atoms with Crippen LogP contribution in [0, 0.1) is 6.92 Å². The summed E-state index contributed by atoms with van der Waals surface area (Å²) in [6, 6.07) is 1.99. The van der Waals surface area contributed by atoms with Gasteiger partial charge in [0.25, 0.3) is 0 Å². The van der Waals surface area contributed by atoms with Crippen LogP contribution in [0.4, 0.5) is 0 Å². The molecule has 1 atom stereocenters. The Kier molecular flexibility index (Phi) is 3.10. The second-order valence-electron chi connectivity index (χ2n) is 4.10. The lowest BCUT2D eigenvalue weighted by Crippen LogP contribution is -2.11. The molecular formula is C12H17N3O. The molecule has 0 saturated heterocycles. The predicted molar refractivity (Wildman–Crippen MR) is 61.9 cm³/mol. The SMILES string of the molecule is Cc1occc1C(N)CCc1cnn(C)c1. The molecule has 0 aliphatic rings. The molecule has 2 aromatic rings. The monoisotopic (exact) mass is 219 g/mol. The molecule has 0 fully saturated rings. The molecule has 0 aliphatic heterocycles. The predicted octanol–water partition coefficient (Wildman–Crippen LogP) is 1.95. The molecule has 1 unspecified atom stereocenters. The van der Waals surface area contributed by atoms with Crippen LogP contribution in [0.5, 0.6) is 0 Å². The maximum absolute atomic E-state index is 6.11. The molecule has 2 aromatic heterocycles. The van der Waals surface area contributed by atoms with E-state index < -0.39 is 0 Å². The van der Waals surface area contributed by atoms with Crippen molar-refractivity contribution in [2.75, 3.05) is 0 Å². The molecule has 0 amide bonds. The van der Waals surface area contributed by atoms with Crippen LogP contribution in [0.1, 0.15) is 29.3 Å². The lowest BCUT2D eigenvalue weighted by atomic mass is 10.0. The molecule has 2 N–H and O–H groups in total. The molecule has 16 heavy (non-hydrogen) atoms. The van der Waals surface area contributed by atoms with Gasteiger partial charge in [-0.05, 0) is 31.4 Å². The molecule has 2 heterocycles. The van der Waals surface area contributed by atoms with E-state index in [9.17, 15) is 0 Å². The van der Waals surface area contributed by atoms with Crippen LogP contribution >= 0.6 is 0 Å². The molecule has 4 nitrogen and oxygen atoms in total. The highest BCUT2D eigenvalue weighted by Gasteiger charge is 2.11. The minimum absolute atomic E-state index is 0.0407. The first-order valence-electron chi connectivity index (χ1n) is 5.44. The highest BCUT2D eigenvalue weighted by molar-refractivity contribution is 5.20. The molecule has 0 bridgehead atoms. The van der Waals surface area contributed by atoms with Gasteiger partial charge in [-0.15, -0.1) is 0 Å². The second-order valence-corrected chi connectivity index (χ2v) is 4.10. The highest BCUT2D eigenvalue weighted by Crippen LogP contribution is 2.20. The van der Waals surface area contributed by atoms with Gasteiger partial charge in [0.15, 0.2) is 0 Å². The first kappa shape index (κ1) is 11.0. The fourth-order valence-electron chi connectivity index (χ4n) is 1.86. The van der Waals surface area contributed by atoms with Gasteiger partial charge in [-0.2, -0.15) is 5.10 Å². The fourth-order valence-corrected chi connectivity index (χ4v) is 1.86. The third-order valence-electron chi connectivity index (χ3n) is 2.80. The minimum atomic E-state index is 0.0407. The van der Waals surface area contributed by atoms with E-state index in [-0.39, 0.29) is 6.04 Å². The Morgan fingerprint density at radius 1 is 1.56 bits per heavy atom. The standard InChI is InChI=1S/C12H17N3O/c1-9-11(5-6-16-9)12(13)4-3-10-7-14-15(2)8-10/h5-8,12H,3-4,13H2,1-2H3. The highest BCUT2D eigenvalue weighted by atomic mass is 16.3. The van der Waals surface area contributed by atoms with E-state index in [1.165, 1.54) is 5.56 Å². The molecule has 0 radical (unpaired) electrons. The number of furan rings is 1. The third kappa shape index (κ3) is 2.33. The Morgan fingerprint density at radius 3 is 2.94 bits per heavy atom. The van der Waals surface area contributed by atoms with Crippen LogP contribution in [0.15, 0.2) is 29.1 Å². The van der Waals surface area contributed by atoms with E-state index in [0.29, 0.717) is 0 Å². The van der Waals surface area contributed by atoms with Crippen LogP contribution in [-0.2, 0) is 13.5 Å². The summed E-state index contributed by atoms with van der Waals surface area (Å²) < 4.78 is 7.05. The van der Waals surface area contributed by atoms with Crippen molar-refractivity contribution in [3.8, 4) is 0 Å². The van der Waals surface area contributed by atoms with Crippen molar-refractivity contribution in [3.63, 3.8) is 0 Å². The number of aryl methyl sites for hydroxylation is 3. The molecule has 0 saturated carbocycles. The van der Waals surface area contributed by atoms with Crippen molar-refractivity contribution in [1.82, 2.24) is 9.78 Å². The van der Waals surface area contributed by atoms with Gasteiger partial charge in [-0.25, -0.2) is 0 Å². The first-order chi connectivity index (χ1) is 7.66. The summed E-state index contributed by atoms with van der Waals surface area (Å²) in [6.07, 6.45) is 7.45. The number of aromatic nitrogens is 2. The number of hydrogen-bond acceptors (Lipinski definition) is 3. The minimum Gasteiger partial charge on any atom is -0.469 e. The number of hydrogen-bond donors (Lipinski definition) is 1. The van der Waals surface area contributed by atoms with Crippen LogP contribution in [0.3, 0.4) is 0 Å². The summed E-state index contributed by atoms with van der Waals surface area (Å²) in [6.45, 7) is 1.94. The Balaban J connectivity index is 1.93. The van der Waals surface area contributed by atoms with Crippen molar-refractivity contribution in [2.24, 2.45) is 12.8 Å². The van der Waals surface area contributed by atoms with Gasteiger partial charge in [0.05, 0.1) is 12.5 Å². The zero-order valence-corrected chi connectivity index (χ0v) is 9.68. The summed E-state index contributed by atoms with van der Waals surface area (Å²) >= 11 is 0. The molecule has 86 valence electrons. The Labute approximate surface area is 95.1 Å². The second kappa shape index (κ2) is 4.53. The normalized spacial score (nSPS) is 12.9. The van der Waals surface area contributed by atoms with Crippen molar-refractivity contribution in [3.05, 3.63) is 41.6 Å². The summed E-state index contributed by atoms with van der Waals surface area (Å²) in [5.74, 6) is 0.915. The Morgan fingerprint density at radius 2 is 2.38 bits per heavy atom. The fraction of sp³-hybridized carbons (Fsp3) is 0.417. The van der Waals surface area contributed by atoms with Gasteiger partial charge >= 0.3 is 0 Å². The zero-order chi connectivity index (χ0) is 11.5. The first-order valence-corrected chi connectivity index (χ1v) is 5.44. The smallest absolute Gasteiger partial charge is 0.105 e. The lowest BCUT2D eigenvalue weighted by Gasteiger charge is -2.09. The molecular weight excluding hydrogens is 202 g/mol. The van der Waals surface area contributed by atoms with Crippen molar-refractivity contribution < 1.29 is 4.42 Å². The Hall–Kier alpha value is -1.55. The number of nitrogens with zero attached hydrogens (tertiary/aromatic N) is 2. The van der Waals surface area contributed by atoms with Gasteiger partial charge in [0.1, 0.15) is 5.76 Å². The molecule has 2 rings (SSSR count). The maximum atomic E-state index is 6.11. The Bertz CT molecular complexity index is 458. The van der Waals surface area contributed by atoms with Gasteiger partial charge in [0.2, 0.25) is 0 Å².